The van der Waals surface area contributed by atoms with Gasteiger partial charge in [-0.2, -0.15) is 0 Å². The summed E-state index contributed by atoms with van der Waals surface area (Å²) in [5.74, 6) is 3.42. The highest BCUT2D eigenvalue weighted by molar-refractivity contribution is 7.98. The fourth-order valence-electron chi connectivity index (χ4n) is 2.40. The predicted octanol–water partition coefficient (Wildman–Crippen LogP) is 3.34. The largest absolute Gasteiger partial charge is 0.420 e. The molecule has 1 aliphatic rings. The maximum Gasteiger partial charge on any atom is 0.247 e. The summed E-state index contributed by atoms with van der Waals surface area (Å²) >= 11 is 1.57. The Kier molecular flexibility index (Phi) is 3.65. The van der Waals surface area contributed by atoms with E-state index in [-0.39, 0.29) is 0 Å². The van der Waals surface area contributed by atoms with Crippen molar-refractivity contribution in [2.45, 2.75) is 36.6 Å². The first-order valence-electron chi connectivity index (χ1n) is 7.62. The first-order valence-corrected chi connectivity index (χ1v) is 8.61. The predicted molar refractivity (Wildman–Crippen MR) is 87.0 cm³/mol. The summed E-state index contributed by atoms with van der Waals surface area (Å²) in [6.07, 6.45) is 2.44. The molecule has 4 rings (SSSR count). The van der Waals surface area contributed by atoms with Crippen molar-refractivity contribution in [1.82, 2.24) is 25.0 Å². The minimum absolute atomic E-state index is 0.553. The molecule has 6 nitrogen and oxygen atoms in total. The number of aryl methyl sites for hydroxylation is 1. The molecule has 7 heteroatoms. The first kappa shape index (κ1) is 14.4. The molecule has 0 aliphatic heterocycles. The van der Waals surface area contributed by atoms with Crippen LogP contribution in [0.15, 0.2) is 33.8 Å². The van der Waals surface area contributed by atoms with E-state index in [9.17, 15) is 0 Å². The zero-order valence-corrected chi connectivity index (χ0v) is 13.9. The number of rotatable bonds is 5. The van der Waals surface area contributed by atoms with E-state index in [1.807, 2.05) is 31.3 Å². The van der Waals surface area contributed by atoms with E-state index < -0.39 is 0 Å². The van der Waals surface area contributed by atoms with E-state index >= 15 is 0 Å². The molecule has 1 aromatic carbocycles. The number of hydrogen-bond donors (Lipinski definition) is 0. The van der Waals surface area contributed by atoms with Crippen LogP contribution in [-0.4, -0.2) is 25.0 Å². The Labute approximate surface area is 138 Å². The Hall–Kier alpha value is -2.15. The van der Waals surface area contributed by atoms with Gasteiger partial charge in [-0.1, -0.05) is 29.5 Å². The maximum absolute atomic E-state index is 5.74. The average molecular weight is 327 g/mol. The average Bonchev–Trinajstić information content (AvgIpc) is 3.17. The van der Waals surface area contributed by atoms with Crippen LogP contribution in [0, 0.1) is 6.92 Å². The fraction of sp³-hybridized carbons (Fsp3) is 0.375. The lowest BCUT2D eigenvalue weighted by atomic mass is 10.1. The van der Waals surface area contributed by atoms with Crippen LogP contribution in [-0.2, 0) is 12.8 Å². The van der Waals surface area contributed by atoms with Gasteiger partial charge in [-0.05, 0) is 31.9 Å². The maximum atomic E-state index is 5.74. The molecular formula is C16H17N5OS. The van der Waals surface area contributed by atoms with Crippen molar-refractivity contribution in [2.75, 3.05) is 0 Å². The highest BCUT2D eigenvalue weighted by Gasteiger charge is 2.29. The number of benzene rings is 1. The van der Waals surface area contributed by atoms with Crippen molar-refractivity contribution in [3.8, 4) is 11.5 Å². The molecule has 2 aromatic heterocycles. The van der Waals surface area contributed by atoms with Gasteiger partial charge >= 0.3 is 0 Å². The normalized spacial score (nSPS) is 14.3. The van der Waals surface area contributed by atoms with Crippen LogP contribution in [0.5, 0.6) is 0 Å². The highest BCUT2D eigenvalue weighted by atomic mass is 32.2. The molecule has 0 radical (unpaired) electrons. The molecule has 1 saturated carbocycles. The number of nitrogens with zero attached hydrogens (tertiary/aromatic N) is 5. The van der Waals surface area contributed by atoms with Crippen LogP contribution in [0.25, 0.3) is 11.5 Å². The smallest absolute Gasteiger partial charge is 0.247 e. The number of thioether (sulfide) groups is 1. The molecule has 0 unspecified atom stereocenters. The van der Waals surface area contributed by atoms with E-state index in [1.165, 1.54) is 18.4 Å². The molecule has 0 amide bonds. The minimum atomic E-state index is 0.553. The highest BCUT2D eigenvalue weighted by Crippen LogP contribution is 2.39. The summed E-state index contributed by atoms with van der Waals surface area (Å²) in [5, 5.41) is 17.7. The van der Waals surface area contributed by atoms with E-state index in [0.29, 0.717) is 23.5 Å². The minimum Gasteiger partial charge on any atom is -0.420 e. The summed E-state index contributed by atoms with van der Waals surface area (Å²) in [4.78, 5) is 0. The monoisotopic (exact) mass is 327 g/mol. The molecule has 118 valence electrons. The lowest BCUT2D eigenvalue weighted by Gasteiger charge is -2.00. The fourth-order valence-corrected chi connectivity index (χ4v) is 3.15. The Morgan fingerprint density at radius 2 is 1.91 bits per heavy atom. The van der Waals surface area contributed by atoms with Crippen LogP contribution in [0.4, 0.5) is 0 Å². The zero-order valence-electron chi connectivity index (χ0n) is 13.1. The Balaban J connectivity index is 1.44. The summed E-state index contributed by atoms with van der Waals surface area (Å²) < 4.78 is 7.81. The molecule has 0 saturated heterocycles. The molecule has 0 N–H and O–H groups in total. The molecule has 0 spiro atoms. The van der Waals surface area contributed by atoms with Gasteiger partial charge < -0.3 is 8.98 Å². The molecule has 3 aromatic rings. The van der Waals surface area contributed by atoms with Gasteiger partial charge in [0.15, 0.2) is 5.16 Å². The van der Waals surface area contributed by atoms with Gasteiger partial charge in [0.2, 0.25) is 11.8 Å². The van der Waals surface area contributed by atoms with Crippen molar-refractivity contribution in [1.29, 1.82) is 0 Å². The van der Waals surface area contributed by atoms with Crippen molar-refractivity contribution >= 4 is 11.8 Å². The number of aromatic nitrogens is 5. The van der Waals surface area contributed by atoms with Crippen molar-refractivity contribution < 1.29 is 4.42 Å². The van der Waals surface area contributed by atoms with Gasteiger partial charge in [0.25, 0.3) is 0 Å². The van der Waals surface area contributed by atoms with Gasteiger partial charge in [0.05, 0.1) is 5.75 Å². The summed E-state index contributed by atoms with van der Waals surface area (Å²) in [7, 11) is 2.02. The lowest BCUT2D eigenvalue weighted by Crippen LogP contribution is -1.97. The van der Waals surface area contributed by atoms with Crippen LogP contribution in [0.2, 0.25) is 0 Å². The molecule has 0 bridgehead atoms. The Morgan fingerprint density at radius 3 is 2.65 bits per heavy atom. The molecule has 1 fully saturated rings. The Bertz CT molecular complexity index is 819. The topological polar surface area (TPSA) is 69.6 Å². The quantitative estimate of drug-likeness (QED) is 0.669. The third-order valence-corrected chi connectivity index (χ3v) is 4.91. The van der Waals surface area contributed by atoms with Crippen LogP contribution >= 0.6 is 11.8 Å². The van der Waals surface area contributed by atoms with Gasteiger partial charge in [0, 0.05) is 18.5 Å². The van der Waals surface area contributed by atoms with E-state index in [1.54, 1.807) is 11.8 Å². The van der Waals surface area contributed by atoms with Crippen molar-refractivity contribution in [3.63, 3.8) is 0 Å². The molecule has 23 heavy (non-hydrogen) atoms. The Morgan fingerprint density at radius 1 is 1.13 bits per heavy atom. The van der Waals surface area contributed by atoms with Gasteiger partial charge in [-0.25, -0.2) is 0 Å². The molecular weight excluding hydrogens is 310 g/mol. The molecule has 2 heterocycles. The van der Waals surface area contributed by atoms with Crippen LogP contribution in [0.1, 0.15) is 36.0 Å². The second kappa shape index (κ2) is 5.81. The second-order valence-electron chi connectivity index (χ2n) is 5.83. The summed E-state index contributed by atoms with van der Waals surface area (Å²) in [6, 6.07) is 8.05. The lowest BCUT2D eigenvalue weighted by molar-refractivity contribution is 0.528. The van der Waals surface area contributed by atoms with Crippen LogP contribution in [0.3, 0.4) is 0 Å². The molecule has 0 atom stereocenters. The standard InChI is InChI=1S/C16H17N5OS/c1-10-3-5-12(6-4-10)15-19-17-13(22-15)9-23-16-20-18-14(21(16)2)11-7-8-11/h3-6,11H,7-9H2,1-2H3. The van der Waals surface area contributed by atoms with E-state index in [4.69, 9.17) is 4.42 Å². The first-order chi connectivity index (χ1) is 11.2. The zero-order chi connectivity index (χ0) is 15.8. The summed E-state index contributed by atoms with van der Waals surface area (Å²) in [5.41, 5.74) is 2.15. The van der Waals surface area contributed by atoms with E-state index in [2.05, 4.69) is 31.9 Å². The van der Waals surface area contributed by atoms with Gasteiger partial charge in [-0.3, -0.25) is 0 Å². The number of hydrogen-bond acceptors (Lipinski definition) is 6. The van der Waals surface area contributed by atoms with Crippen molar-refractivity contribution in [2.24, 2.45) is 7.05 Å². The third-order valence-electron chi connectivity index (χ3n) is 3.90. The SMILES string of the molecule is Cc1ccc(-c2nnc(CSc3nnc(C4CC4)n3C)o2)cc1. The molecule has 1 aliphatic carbocycles. The van der Waals surface area contributed by atoms with Crippen molar-refractivity contribution in [3.05, 3.63) is 41.5 Å². The van der Waals surface area contributed by atoms with E-state index in [0.717, 1.165) is 16.5 Å². The third kappa shape index (κ3) is 3.01. The van der Waals surface area contributed by atoms with Gasteiger partial charge in [-0.15, -0.1) is 20.4 Å². The van der Waals surface area contributed by atoms with Crippen LogP contribution < -0.4 is 0 Å². The summed E-state index contributed by atoms with van der Waals surface area (Å²) in [6.45, 7) is 2.05. The van der Waals surface area contributed by atoms with Gasteiger partial charge in [0.1, 0.15) is 5.82 Å². The second-order valence-corrected chi connectivity index (χ2v) is 6.77.